The van der Waals surface area contributed by atoms with E-state index in [4.69, 9.17) is 32.7 Å². The molecule has 4 atom stereocenters. The number of urea groups is 1. The molecule has 2 fully saturated rings. The zero-order valence-corrected chi connectivity index (χ0v) is 20.7. The lowest BCUT2D eigenvalue weighted by molar-refractivity contribution is -0.149. The lowest BCUT2D eigenvalue weighted by atomic mass is 9.95. The van der Waals surface area contributed by atoms with Crippen molar-refractivity contribution < 1.29 is 24.2 Å². The summed E-state index contributed by atoms with van der Waals surface area (Å²) in [5.74, 6) is -0.0892. The van der Waals surface area contributed by atoms with E-state index in [1.54, 1.807) is 23.1 Å². The number of benzene rings is 2. The third-order valence-electron chi connectivity index (χ3n) is 6.16. The van der Waals surface area contributed by atoms with Crippen LogP contribution in [0.3, 0.4) is 0 Å². The van der Waals surface area contributed by atoms with Gasteiger partial charge in [0.1, 0.15) is 6.10 Å². The summed E-state index contributed by atoms with van der Waals surface area (Å²) >= 11 is 12.0. The number of carbonyl (C=O) groups is 2. The molecule has 3 N–H and O–H groups in total. The number of anilines is 1. The van der Waals surface area contributed by atoms with Crippen LogP contribution < -0.4 is 10.6 Å². The van der Waals surface area contributed by atoms with E-state index in [1.165, 1.54) is 0 Å². The molecule has 2 aromatic carbocycles. The molecule has 0 spiro atoms. The first-order chi connectivity index (χ1) is 16.9. The molecule has 0 saturated carbocycles. The van der Waals surface area contributed by atoms with Gasteiger partial charge in [0.15, 0.2) is 0 Å². The van der Waals surface area contributed by atoms with Crippen LogP contribution in [-0.2, 0) is 20.8 Å². The molecule has 2 aliphatic heterocycles. The van der Waals surface area contributed by atoms with Crippen LogP contribution in [-0.4, -0.2) is 66.1 Å². The molecule has 0 unspecified atom stereocenters. The van der Waals surface area contributed by atoms with Gasteiger partial charge in [-0.2, -0.15) is 0 Å². The largest absolute Gasteiger partial charge is 0.389 e. The number of carbonyl (C=O) groups excluding carboxylic acids is 2. The van der Waals surface area contributed by atoms with E-state index in [1.807, 2.05) is 30.3 Å². The van der Waals surface area contributed by atoms with Crippen molar-refractivity contribution in [1.82, 2.24) is 10.2 Å². The van der Waals surface area contributed by atoms with Crippen molar-refractivity contribution in [3.63, 3.8) is 0 Å². The Hall–Kier alpha value is -2.36. The number of amides is 3. The highest BCUT2D eigenvalue weighted by Gasteiger charge is 2.40. The second-order valence-corrected chi connectivity index (χ2v) is 9.62. The predicted octanol–water partition coefficient (Wildman–Crippen LogP) is 3.84. The van der Waals surface area contributed by atoms with Gasteiger partial charge in [-0.25, -0.2) is 4.79 Å². The normalized spacial score (nSPS) is 24.6. The number of aliphatic hydroxyl groups is 1. The number of aliphatic hydroxyl groups excluding tert-OH is 1. The van der Waals surface area contributed by atoms with Crippen molar-refractivity contribution in [3.05, 3.63) is 64.1 Å². The molecule has 4 rings (SSSR count). The fourth-order valence-electron chi connectivity index (χ4n) is 4.42. The Balaban J connectivity index is 1.37. The van der Waals surface area contributed by atoms with Gasteiger partial charge in [0, 0.05) is 12.2 Å². The molecule has 35 heavy (non-hydrogen) atoms. The minimum absolute atomic E-state index is 0.0887. The topological polar surface area (TPSA) is 100 Å². The van der Waals surface area contributed by atoms with Crippen LogP contribution in [0.5, 0.6) is 0 Å². The van der Waals surface area contributed by atoms with Gasteiger partial charge in [0.2, 0.25) is 5.91 Å². The fourth-order valence-corrected chi connectivity index (χ4v) is 4.72. The van der Waals surface area contributed by atoms with Gasteiger partial charge in [-0.3, -0.25) is 4.79 Å². The second-order valence-electron chi connectivity index (χ2n) is 8.81. The Labute approximate surface area is 214 Å². The molecular formula is C25H29Cl2N3O5. The average molecular weight is 522 g/mol. The van der Waals surface area contributed by atoms with E-state index in [-0.39, 0.29) is 50.3 Å². The minimum Gasteiger partial charge on any atom is -0.389 e. The molecular weight excluding hydrogens is 493 g/mol. The number of halogens is 2. The van der Waals surface area contributed by atoms with Crippen LogP contribution in [0.2, 0.25) is 10.0 Å². The molecule has 188 valence electrons. The van der Waals surface area contributed by atoms with Crippen molar-refractivity contribution >= 4 is 40.8 Å². The molecule has 0 radical (unpaired) electrons. The summed E-state index contributed by atoms with van der Waals surface area (Å²) in [6.45, 7) is 0.869. The summed E-state index contributed by atoms with van der Waals surface area (Å²) in [4.78, 5) is 27.3. The van der Waals surface area contributed by atoms with E-state index in [0.717, 1.165) is 5.56 Å². The highest BCUT2D eigenvalue weighted by molar-refractivity contribution is 6.42. The van der Waals surface area contributed by atoms with E-state index >= 15 is 0 Å². The zero-order chi connectivity index (χ0) is 24.8. The zero-order valence-electron chi connectivity index (χ0n) is 19.2. The van der Waals surface area contributed by atoms with Gasteiger partial charge in [0.05, 0.1) is 54.5 Å². The summed E-state index contributed by atoms with van der Waals surface area (Å²) in [6, 6.07) is 13.9. The number of nitrogens with one attached hydrogen (secondary N) is 2. The summed E-state index contributed by atoms with van der Waals surface area (Å²) in [7, 11) is 0. The minimum atomic E-state index is -0.822. The number of fused-ring (bicyclic) bond motifs is 1. The molecule has 0 aliphatic carbocycles. The predicted molar refractivity (Wildman–Crippen MR) is 134 cm³/mol. The Morgan fingerprint density at radius 1 is 1.06 bits per heavy atom. The van der Waals surface area contributed by atoms with Crippen molar-refractivity contribution in [2.45, 2.75) is 50.2 Å². The van der Waals surface area contributed by atoms with E-state index in [9.17, 15) is 14.7 Å². The first-order valence-electron chi connectivity index (χ1n) is 11.6. The smallest absolute Gasteiger partial charge is 0.322 e. The first-order valence-corrected chi connectivity index (χ1v) is 12.4. The first kappa shape index (κ1) is 25.7. The van der Waals surface area contributed by atoms with E-state index < -0.39 is 12.2 Å². The van der Waals surface area contributed by atoms with Crippen LogP contribution in [0.1, 0.15) is 24.8 Å². The van der Waals surface area contributed by atoms with Gasteiger partial charge >= 0.3 is 6.03 Å². The Bertz CT molecular complexity index is 1030. The molecule has 2 aliphatic rings. The standard InChI is InChI=1S/C25H29Cl2N3O5/c26-20-8-6-17(10-21(20)27)29-25(33)30-13-18(31)14-34-15-23-22(30)9-7-19(35-23)11-24(32)28-12-16-4-2-1-3-5-16/h1-6,8,10,18-19,22-23,31H,7,9,11-15H2,(H,28,32)(H,29,33)/t18-,19+,22+,23-/m1/s1. The van der Waals surface area contributed by atoms with E-state index in [2.05, 4.69) is 10.6 Å². The molecule has 3 amide bonds. The third kappa shape index (κ3) is 7.08. The molecule has 0 bridgehead atoms. The number of rotatable bonds is 5. The Morgan fingerprint density at radius 3 is 2.63 bits per heavy atom. The number of β-amino-alcohol motifs (C(OH)–C–C–N with tert-alkyl or cyclic N) is 1. The molecule has 2 aromatic rings. The number of hydrogen-bond acceptors (Lipinski definition) is 5. The maximum absolute atomic E-state index is 13.2. The van der Waals surface area contributed by atoms with Gasteiger partial charge in [-0.15, -0.1) is 0 Å². The van der Waals surface area contributed by atoms with Crippen LogP contribution in [0.4, 0.5) is 10.5 Å². The fraction of sp³-hybridized carbons (Fsp3) is 0.440. The van der Waals surface area contributed by atoms with Gasteiger partial charge in [-0.05, 0) is 36.6 Å². The summed E-state index contributed by atoms with van der Waals surface area (Å²) in [5.41, 5.74) is 1.53. The average Bonchev–Trinajstić information content (AvgIpc) is 2.83. The summed E-state index contributed by atoms with van der Waals surface area (Å²) in [6.07, 6.45) is -0.0629. The van der Waals surface area contributed by atoms with Gasteiger partial charge in [-0.1, -0.05) is 53.5 Å². The lowest BCUT2D eigenvalue weighted by Crippen LogP contribution is -2.58. The SMILES string of the molecule is O=C(C[C@@H]1CC[C@H]2[C@@H](COC[C@H](O)CN2C(=O)Nc2ccc(Cl)c(Cl)c2)O1)NCc1ccccc1. The summed E-state index contributed by atoms with van der Waals surface area (Å²) in [5, 5.41) is 16.8. The summed E-state index contributed by atoms with van der Waals surface area (Å²) < 4.78 is 11.8. The Morgan fingerprint density at radius 2 is 1.86 bits per heavy atom. The van der Waals surface area contributed by atoms with E-state index in [0.29, 0.717) is 35.1 Å². The molecule has 0 aromatic heterocycles. The van der Waals surface area contributed by atoms with Gasteiger partial charge in [0.25, 0.3) is 0 Å². The third-order valence-corrected chi connectivity index (χ3v) is 6.90. The van der Waals surface area contributed by atoms with Crippen molar-refractivity contribution in [2.75, 3.05) is 25.1 Å². The van der Waals surface area contributed by atoms with Crippen molar-refractivity contribution in [1.29, 1.82) is 0 Å². The Kier molecular flexibility index (Phi) is 8.86. The van der Waals surface area contributed by atoms with Crippen molar-refractivity contribution in [2.24, 2.45) is 0 Å². The molecule has 2 heterocycles. The number of nitrogens with zero attached hydrogens (tertiary/aromatic N) is 1. The molecule has 10 heteroatoms. The highest BCUT2D eigenvalue weighted by atomic mass is 35.5. The quantitative estimate of drug-likeness (QED) is 0.554. The van der Waals surface area contributed by atoms with Gasteiger partial charge < -0.3 is 30.1 Å². The van der Waals surface area contributed by atoms with Crippen LogP contribution >= 0.6 is 23.2 Å². The van der Waals surface area contributed by atoms with Crippen LogP contribution in [0.25, 0.3) is 0 Å². The monoisotopic (exact) mass is 521 g/mol. The van der Waals surface area contributed by atoms with Crippen LogP contribution in [0, 0.1) is 0 Å². The molecule has 8 nitrogen and oxygen atoms in total. The number of hydrogen-bond donors (Lipinski definition) is 3. The number of ether oxygens (including phenoxy) is 2. The molecule has 2 saturated heterocycles. The van der Waals surface area contributed by atoms with Crippen LogP contribution in [0.15, 0.2) is 48.5 Å². The lowest BCUT2D eigenvalue weighted by Gasteiger charge is -2.44. The maximum atomic E-state index is 13.2. The highest BCUT2D eigenvalue weighted by Crippen LogP contribution is 2.29. The maximum Gasteiger partial charge on any atom is 0.322 e. The van der Waals surface area contributed by atoms with Crippen molar-refractivity contribution in [3.8, 4) is 0 Å². The second kappa shape index (κ2) is 12.1.